The Balaban J connectivity index is 1.41. The largest absolute Gasteiger partial charge is 0.462 e. The highest BCUT2D eigenvalue weighted by atomic mass is 16.6. The predicted molar refractivity (Wildman–Crippen MR) is 236 cm³/mol. The summed E-state index contributed by atoms with van der Waals surface area (Å²) in [7, 11) is 0. The van der Waals surface area contributed by atoms with E-state index in [-0.39, 0.29) is 65.1 Å². The van der Waals surface area contributed by atoms with Gasteiger partial charge < -0.3 is 18.9 Å². The van der Waals surface area contributed by atoms with Crippen LogP contribution in [0.3, 0.4) is 0 Å². The Labute approximate surface area is 368 Å². The van der Waals surface area contributed by atoms with Crippen molar-refractivity contribution >= 4 is 35.6 Å². The minimum absolute atomic E-state index is 0.0115. The molecule has 1 heterocycles. The SMILES string of the molecule is CCC(C)(C)C(CC(C)(C)CCC(C)(C)C1C(=O)OC(=O)C1C(C)(C)CCC(C)(C)CC(C)(C(=O)OCCOC(=O)CC(C)=O)C(C)(C)C)C(=O)OC1CC2C3CCC1(C)C32. The van der Waals surface area contributed by atoms with Gasteiger partial charge >= 0.3 is 29.8 Å². The van der Waals surface area contributed by atoms with Gasteiger partial charge in [-0.05, 0) is 122 Å². The maximum atomic E-state index is 14.2. The summed E-state index contributed by atoms with van der Waals surface area (Å²) in [5, 5.41) is 0. The Bertz CT molecular complexity index is 1680. The van der Waals surface area contributed by atoms with Crippen LogP contribution in [0.15, 0.2) is 0 Å². The number of hydrogen-bond donors (Lipinski definition) is 0. The molecule has 0 amide bonds. The zero-order valence-electron chi connectivity index (χ0n) is 41.3. The molecule has 0 radical (unpaired) electrons. The number of Topliss-reactive ketones (excluding diaryl/α,β-unsaturated/α-hetero) is 1. The summed E-state index contributed by atoms with van der Waals surface area (Å²) in [5.74, 6) is -1.56. The van der Waals surface area contributed by atoms with E-state index >= 15 is 0 Å². The first-order valence-electron chi connectivity index (χ1n) is 23.4. The lowest BCUT2D eigenvalue weighted by atomic mass is 9.57. The van der Waals surface area contributed by atoms with Gasteiger partial charge in [-0.25, -0.2) is 0 Å². The number of carbonyl (C=O) groups excluding carboxylic acids is 6. The molecule has 9 atom stereocenters. The molecule has 3 saturated carbocycles. The fraction of sp³-hybridized carbons (Fsp3) is 0.882. The van der Waals surface area contributed by atoms with Crippen molar-refractivity contribution in [1.82, 2.24) is 0 Å². The summed E-state index contributed by atoms with van der Waals surface area (Å²) in [4.78, 5) is 78.3. The van der Waals surface area contributed by atoms with Crippen LogP contribution in [-0.2, 0) is 47.7 Å². The van der Waals surface area contributed by atoms with E-state index in [2.05, 4.69) is 69.2 Å². The number of ketones is 1. The van der Waals surface area contributed by atoms with Crippen molar-refractivity contribution in [3.05, 3.63) is 0 Å². The smallest absolute Gasteiger partial charge is 0.318 e. The van der Waals surface area contributed by atoms with Crippen LogP contribution in [0.1, 0.15) is 188 Å². The van der Waals surface area contributed by atoms with Crippen molar-refractivity contribution < 1.29 is 47.7 Å². The lowest BCUT2D eigenvalue weighted by molar-refractivity contribution is -0.168. The first kappa shape index (κ1) is 50.9. The predicted octanol–water partition coefficient (Wildman–Crippen LogP) is 10.9. The highest BCUT2D eigenvalue weighted by molar-refractivity contribution is 5.97. The van der Waals surface area contributed by atoms with Crippen molar-refractivity contribution in [1.29, 1.82) is 0 Å². The van der Waals surface area contributed by atoms with Gasteiger partial charge in [-0.3, -0.25) is 28.8 Å². The average molecular weight is 857 g/mol. The minimum atomic E-state index is -0.902. The highest BCUT2D eigenvalue weighted by Gasteiger charge is 2.72. The number of cyclic esters (lactones) is 2. The van der Waals surface area contributed by atoms with E-state index in [4.69, 9.17) is 18.9 Å². The van der Waals surface area contributed by atoms with Crippen molar-refractivity contribution in [2.24, 2.45) is 78.8 Å². The molecule has 0 aromatic carbocycles. The molecule has 10 heteroatoms. The third-order valence-electron chi connectivity index (χ3n) is 17.0. The van der Waals surface area contributed by atoms with Crippen LogP contribution in [0.4, 0.5) is 0 Å². The molecule has 0 N–H and O–H groups in total. The molecule has 0 spiro atoms. The molecular weight excluding hydrogens is 773 g/mol. The van der Waals surface area contributed by atoms with E-state index < -0.39 is 57.4 Å². The monoisotopic (exact) mass is 857 g/mol. The molecule has 4 aliphatic rings. The van der Waals surface area contributed by atoms with E-state index in [0.717, 1.165) is 43.4 Å². The van der Waals surface area contributed by atoms with Crippen LogP contribution >= 0.6 is 0 Å². The second-order valence-corrected chi connectivity index (χ2v) is 25.2. The standard InChI is InChI=1S/C51H84O10/c1-18-47(10,11)34(40(54)60-35-28-33-32-19-20-50(35,16)37(32)33)29-45(6,7)21-23-48(12,13)38-39(42(56)61-41(38)55)49(14,15)24-22-46(8,9)30-51(17,44(3,4)5)43(57)59-26-25-58-36(53)27-31(2)52/h32-35,37-39H,18-30H2,1-17H3. The van der Waals surface area contributed by atoms with Crippen molar-refractivity contribution in [2.45, 2.75) is 194 Å². The maximum Gasteiger partial charge on any atom is 0.318 e. The average Bonchev–Trinajstić information content (AvgIpc) is 3.45. The molecule has 348 valence electrons. The van der Waals surface area contributed by atoms with E-state index in [1.54, 1.807) is 0 Å². The molecule has 61 heavy (non-hydrogen) atoms. The van der Waals surface area contributed by atoms with Crippen molar-refractivity contribution in [2.75, 3.05) is 13.2 Å². The molecule has 0 aromatic heterocycles. The fourth-order valence-electron chi connectivity index (χ4n) is 11.7. The molecule has 0 aromatic rings. The molecule has 4 rings (SSSR count). The summed E-state index contributed by atoms with van der Waals surface area (Å²) in [6, 6.07) is 0. The lowest BCUT2D eigenvalue weighted by Gasteiger charge is -2.45. The first-order chi connectivity index (χ1) is 27.6. The second kappa shape index (κ2) is 17.7. The van der Waals surface area contributed by atoms with Crippen LogP contribution in [0.5, 0.6) is 0 Å². The third-order valence-corrected chi connectivity index (χ3v) is 17.0. The Hall–Kier alpha value is -2.78. The van der Waals surface area contributed by atoms with E-state index in [1.165, 1.54) is 13.3 Å². The third kappa shape index (κ3) is 11.1. The van der Waals surface area contributed by atoms with Gasteiger partial charge in [-0.15, -0.1) is 0 Å². The highest BCUT2D eigenvalue weighted by Crippen LogP contribution is 2.75. The Morgan fingerprint density at radius 1 is 0.754 bits per heavy atom. The number of rotatable bonds is 22. The number of carbonyl (C=O) groups is 6. The zero-order chi connectivity index (χ0) is 46.5. The normalized spacial score (nSPS) is 28.1. The summed E-state index contributed by atoms with van der Waals surface area (Å²) in [5.41, 5.74) is -3.27. The van der Waals surface area contributed by atoms with E-state index in [9.17, 15) is 28.8 Å². The summed E-state index contributed by atoms with van der Waals surface area (Å²) in [6.07, 6.45) is 7.88. The second-order valence-electron chi connectivity index (χ2n) is 25.2. The van der Waals surface area contributed by atoms with Gasteiger partial charge in [0.2, 0.25) is 0 Å². The quantitative estimate of drug-likeness (QED) is 0.0447. The van der Waals surface area contributed by atoms with Crippen LogP contribution < -0.4 is 0 Å². The maximum absolute atomic E-state index is 14.2. The summed E-state index contributed by atoms with van der Waals surface area (Å²) < 4.78 is 22.7. The fourth-order valence-corrected chi connectivity index (χ4v) is 11.7. The molecule has 1 saturated heterocycles. The Morgan fingerprint density at radius 2 is 1.28 bits per heavy atom. The van der Waals surface area contributed by atoms with Gasteiger partial charge in [0.05, 0.1) is 23.2 Å². The number of hydrogen-bond acceptors (Lipinski definition) is 10. The van der Waals surface area contributed by atoms with Gasteiger partial charge in [-0.2, -0.15) is 0 Å². The molecule has 10 nitrogen and oxygen atoms in total. The van der Waals surface area contributed by atoms with E-state index in [1.807, 2.05) is 41.5 Å². The first-order valence-corrected chi connectivity index (χ1v) is 23.4. The van der Waals surface area contributed by atoms with Crippen LogP contribution in [-0.4, -0.2) is 54.9 Å². The van der Waals surface area contributed by atoms with Gasteiger partial charge in [0.25, 0.3) is 0 Å². The molecule has 0 bridgehead atoms. The number of esters is 5. The number of fused-ring (bicyclic) bond motifs is 1. The molecule has 4 fully saturated rings. The summed E-state index contributed by atoms with van der Waals surface area (Å²) in [6.45, 7) is 34.8. The van der Waals surface area contributed by atoms with E-state index in [0.29, 0.717) is 32.1 Å². The van der Waals surface area contributed by atoms with Gasteiger partial charge in [0.15, 0.2) is 0 Å². The van der Waals surface area contributed by atoms with Crippen LogP contribution in [0.2, 0.25) is 0 Å². The summed E-state index contributed by atoms with van der Waals surface area (Å²) >= 11 is 0. The number of ether oxygens (including phenoxy) is 4. The molecule has 9 unspecified atom stereocenters. The Morgan fingerprint density at radius 3 is 1.77 bits per heavy atom. The lowest BCUT2D eigenvalue weighted by Crippen LogP contribution is -2.45. The molecule has 1 aliphatic heterocycles. The van der Waals surface area contributed by atoms with Crippen LogP contribution in [0, 0.1) is 78.8 Å². The van der Waals surface area contributed by atoms with Crippen molar-refractivity contribution in [3.8, 4) is 0 Å². The van der Waals surface area contributed by atoms with Crippen LogP contribution in [0.25, 0.3) is 0 Å². The molecular formula is C51H84O10. The Kier molecular flexibility index (Phi) is 14.7. The van der Waals surface area contributed by atoms with Crippen molar-refractivity contribution in [3.63, 3.8) is 0 Å². The topological polar surface area (TPSA) is 139 Å². The van der Waals surface area contributed by atoms with Gasteiger partial charge in [0.1, 0.15) is 31.5 Å². The minimum Gasteiger partial charge on any atom is -0.462 e. The zero-order valence-corrected chi connectivity index (χ0v) is 41.3. The van der Waals surface area contributed by atoms with Gasteiger partial charge in [0, 0.05) is 5.41 Å². The molecule has 3 aliphatic carbocycles. The van der Waals surface area contributed by atoms with Gasteiger partial charge in [-0.1, -0.05) is 110 Å².